The van der Waals surface area contributed by atoms with Gasteiger partial charge in [0, 0.05) is 26.2 Å². The van der Waals surface area contributed by atoms with E-state index in [9.17, 15) is 4.79 Å². The van der Waals surface area contributed by atoms with Crippen LogP contribution < -0.4 is 16.0 Å². The van der Waals surface area contributed by atoms with E-state index in [1.807, 2.05) is 7.05 Å². The van der Waals surface area contributed by atoms with Gasteiger partial charge in [-0.2, -0.15) is 5.10 Å². The maximum Gasteiger partial charge on any atom is 0.404 e. The average molecular weight is 295 g/mol. The molecule has 0 aliphatic carbocycles. The number of anilines is 2. The van der Waals surface area contributed by atoms with Gasteiger partial charge in [-0.1, -0.05) is 20.8 Å². The van der Waals surface area contributed by atoms with Crippen molar-refractivity contribution in [3.8, 4) is 0 Å². The number of amides is 1. The van der Waals surface area contributed by atoms with Crippen molar-refractivity contribution in [3.05, 3.63) is 6.20 Å². The van der Waals surface area contributed by atoms with Crippen LogP contribution in [0.25, 0.3) is 0 Å². The van der Waals surface area contributed by atoms with Crippen molar-refractivity contribution in [1.82, 2.24) is 15.1 Å². The van der Waals surface area contributed by atoms with Gasteiger partial charge >= 0.3 is 6.09 Å². The van der Waals surface area contributed by atoms with E-state index in [0.29, 0.717) is 5.69 Å². The van der Waals surface area contributed by atoms with Gasteiger partial charge in [0.1, 0.15) is 5.82 Å². The van der Waals surface area contributed by atoms with Gasteiger partial charge in [-0.25, -0.2) is 4.79 Å². The molecule has 21 heavy (non-hydrogen) atoms. The van der Waals surface area contributed by atoms with Crippen LogP contribution in [0.15, 0.2) is 6.20 Å². The fourth-order valence-corrected chi connectivity index (χ4v) is 3.26. The minimum atomic E-state index is -0.964. The first-order valence-electron chi connectivity index (χ1n) is 7.22. The Kier molecular flexibility index (Phi) is 4.02. The Morgan fingerprint density at radius 3 is 2.71 bits per heavy atom. The molecule has 7 heteroatoms. The van der Waals surface area contributed by atoms with Crippen LogP contribution in [0.2, 0.25) is 0 Å². The molecule has 1 saturated heterocycles. The molecule has 1 amide bonds. The van der Waals surface area contributed by atoms with Gasteiger partial charge in [-0.15, -0.1) is 0 Å². The molecule has 2 heterocycles. The molecule has 118 valence electrons. The Labute approximate surface area is 125 Å². The SMILES string of the molecule is Cn1ncc(N)c1N1CCC(C(NC(=O)O)C(C)(C)C)C1. The summed E-state index contributed by atoms with van der Waals surface area (Å²) < 4.78 is 1.77. The molecule has 1 aliphatic heterocycles. The molecule has 2 rings (SSSR count). The molecule has 1 aromatic heterocycles. The van der Waals surface area contributed by atoms with E-state index < -0.39 is 6.09 Å². The highest BCUT2D eigenvalue weighted by atomic mass is 16.4. The van der Waals surface area contributed by atoms with Crippen molar-refractivity contribution in [2.75, 3.05) is 23.7 Å². The Morgan fingerprint density at radius 2 is 2.24 bits per heavy atom. The summed E-state index contributed by atoms with van der Waals surface area (Å²) in [6, 6.07) is -0.0885. The number of aromatic nitrogens is 2. The van der Waals surface area contributed by atoms with Crippen LogP contribution in [0, 0.1) is 11.3 Å². The highest BCUT2D eigenvalue weighted by Crippen LogP contribution is 2.34. The summed E-state index contributed by atoms with van der Waals surface area (Å²) in [6.45, 7) is 7.84. The maximum atomic E-state index is 11.1. The fraction of sp³-hybridized carbons (Fsp3) is 0.714. The van der Waals surface area contributed by atoms with Gasteiger partial charge in [-0.05, 0) is 17.8 Å². The van der Waals surface area contributed by atoms with Crippen LogP contribution in [0.4, 0.5) is 16.3 Å². The van der Waals surface area contributed by atoms with Crippen molar-refractivity contribution in [2.45, 2.75) is 33.2 Å². The van der Waals surface area contributed by atoms with Crippen molar-refractivity contribution >= 4 is 17.6 Å². The van der Waals surface area contributed by atoms with Crippen molar-refractivity contribution < 1.29 is 9.90 Å². The largest absolute Gasteiger partial charge is 0.465 e. The van der Waals surface area contributed by atoms with E-state index in [2.05, 4.69) is 36.1 Å². The van der Waals surface area contributed by atoms with Crippen LogP contribution in [-0.2, 0) is 7.05 Å². The highest BCUT2D eigenvalue weighted by molar-refractivity contribution is 5.65. The molecule has 1 aromatic rings. The van der Waals surface area contributed by atoms with Gasteiger partial charge in [0.2, 0.25) is 0 Å². The van der Waals surface area contributed by atoms with Gasteiger partial charge in [0.05, 0.1) is 11.9 Å². The van der Waals surface area contributed by atoms with E-state index in [1.165, 1.54) is 0 Å². The van der Waals surface area contributed by atoms with Crippen LogP contribution >= 0.6 is 0 Å². The van der Waals surface area contributed by atoms with Gasteiger partial charge in [0.25, 0.3) is 0 Å². The summed E-state index contributed by atoms with van der Waals surface area (Å²) in [6.07, 6.45) is 1.63. The monoisotopic (exact) mass is 295 g/mol. The lowest BCUT2D eigenvalue weighted by Crippen LogP contribution is -2.49. The van der Waals surface area contributed by atoms with Crippen molar-refractivity contribution in [2.24, 2.45) is 18.4 Å². The lowest BCUT2D eigenvalue weighted by atomic mass is 9.78. The van der Waals surface area contributed by atoms with Gasteiger partial charge in [0.15, 0.2) is 0 Å². The molecule has 4 N–H and O–H groups in total. The average Bonchev–Trinajstić information content (AvgIpc) is 2.92. The number of carboxylic acid groups (broad SMARTS) is 1. The molecule has 0 bridgehead atoms. The first-order chi connectivity index (χ1) is 9.70. The Bertz CT molecular complexity index is 500. The summed E-state index contributed by atoms with van der Waals surface area (Å²) in [5.74, 6) is 1.18. The van der Waals surface area contributed by atoms with Crippen LogP contribution in [0.1, 0.15) is 27.2 Å². The predicted octanol–water partition coefficient (Wildman–Crippen LogP) is 1.51. The smallest absolute Gasteiger partial charge is 0.404 e. The number of nitrogens with two attached hydrogens (primary N) is 1. The normalized spacial score (nSPS) is 20.6. The van der Waals surface area contributed by atoms with E-state index >= 15 is 0 Å². The molecule has 1 aliphatic rings. The minimum absolute atomic E-state index is 0.0885. The van der Waals surface area contributed by atoms with E-state index in [-0.39, 0.29) is 17.4 Å². The van der Waals surface area contributed by atoms with E-state index in [0.717, 1.165) is 25.3 Å². The Hall–Kier alpha value is -1.92. The topological polar surface area (TPSA) is 96.4 Å². The van der Waals surface area contributed by atoms with E-state index in [1.54, 1.807) is 10.9 Å². The van der Waals surface area contributed by atoms with Crippen LogP contribution in [-0.4, -0.2) is 40.1 Å². The number of hydrogen-bond acceptors (Lipinski definition) is 4. The summed E-state index contributed by atoms with van der Waals surface area (Å²) in [4.78, 5) is 13.3. The third kappa shape index (κ3) is 3.22. The minimum Gasteiger partial charge on any atom is -0.465 e. The molecular formula is C14H25N5O2. The lowest BCUT2D eigenvalue weighted by molar-refractivity contribution is 0.157. The summed E-state index contributed by atoms with van der Waals surface area (Å²) in [5, 5.41) is 15.9. The summed E-state index contributed by atoms with van der Waals surface area (Å²) >= 11 is 0. The number of nitrogens with zero attached hydrogens (tertiary/aromatic N) is 3. The van der Waals surface area contributed by atoms with Crippen molar-refractivity contribution in [3.63, 3.8) is 0 Å². The first kappa shape index (κ1) is 15.5. The third-order valence-electron chi connectivity index (χ3n) is 4.14. The summed E-state index contributed by atoms with van der Waals surface area (Å²) in [5.41, 5.74) is 6.51. The maximum absolute atomic E-state index is 11.1. The number of nitrogens with one attached hydrogen (secondary N) is 1. The summed E-state index contributed by atoms with van der Waals surface area (Å²) in [7, 11) is 1.87. The number of rotatable bonds is 3. The molecule has 0 aromatic carbocycles. The van der Waals surface area contributed by atoms with Gasteiger partial charge in [-0.3, -0.25) is 4.68 Å². The number of nitrogen functional groups attached to an aromatic ring is 1. The molecule has 2 unspecified atom stereocenters. The molecule has 2 atom stereocenters. The second kappa shape index (κ2) is 5.46. The second-order valence-corrected chi connectivity index (χ2v) is 6.84. The number of carbonyl (C=O) groups is 1. The van der Waals surface area contributed by atoms with Crippen LogP contribution in [0.5, 0.6) is 0 Å². The molecular weight excluding hydrogens is 270 g/mol. The van der Waals surface area contributed by atoms with Crippen molar-refractivity contribution in [1.29, 1.82) is 0 Å². The second-order valence-electron chi connectivity index (χ2n) is 6.84. The first-order valence-corrected chi connectivity index (χ1v) is 7.22. The molecule has 0 saturated carbocycles. The zero-order valence-electron chi connectivity index (χ0n) is 13.1. The quantitative estimate of drug-likeness (QED) is 0.785. The molecule has 0 spiro atoms. The number of aryl methyl sites for hydroxylation is 1. The van der Waals surface area contributed by atoms with Gasteiger partial charge < -0.3 is 21.1 Å². The fourth-order valence-electron chi connectivity index (χ4n) is 3.26. The number of hydrogen-bond donors (Lipinski definition) is 3. The predicted molar refractivity (Wildman–Crippen MR) is 82.3 cm³/mol. The highest BCUT2D eigenvalue weighted by Gasteiger charge is 2.38. The van der Waals surface area contributed by atoms with E-state index in [4.69, 9.17) is 10.8 Å². The third-order valence-corrected chi connectivity index (χ3v) is 4.14. The molecule has 1 fully saturated rings. The zero-order chi connectivity index (χ0) is 15.8. The standard InChI is InChI=1S/C14H25N5O2/c1-14(2,3)11(17-13(20)21)9-5-6-19(8-9)12-10(15)7-16-18(12)4/h7,9,11,17H,5-6,8,15H2,1-4H3,(H,20,21). The zero-order valence-corrected chi connectivity index (χ0v) is 13.1. The molecule has 7 nitrogen and oxygen atoms in total. The van der Waals surface area contributed by atoms with Crippen LogP contribution in [0.3, 0.4) is 0 Å². The lowest BCUT2D eigenvalue weighted by Gasteiger charge is -2.35. The Balaban J connectivity index is 2.15. The molecule has 0 radical (unpaired) electrons. The Morgan fingerprint density at radius 1 is 1.57 bits per heavy atom.